The molecule has 0 saturated heterocycles. The normalized spacial score (nSPS) is 9.92. The topological polar surface area (TPSA) is 83.0 Å². The fourth-order valence-electron chi connectivity index (χ4n) is 2.06. The first-order chi connectivity index (χ1) is 11.7. The molecule has 25 heavy (non-hydrogen) atoms. The number of aromatic hydroxyl groups is 1. The predicted molar refractivity (Wildman–Crippen MR) is 106 cm³/mol. The van der Waals surface area contributed by atoms with Gasteiger partial charge in [-0.2, -0.15) is 0 Å². The van der Waals surface area contributed by atoms with Crippen molar-refractivity contribution in [3.05, 3.63) is 55.3 Å². The minimum atomic E-state index is 0. The molecule has 0 aliphatic carbocycles. The first kappa shape index (κ1) is 18.6. The van der Waals surface area contributed by atoms with Crippen molar-refractivity contribution in [2.24, 2.45) is 0 Å². The van der Waals surface area contributed by atoms with E-state index in [0.717, 1.165) is 5.56 Å². The summed E-state index contributed by atoms with van der Waals surface area (Å²) in [6, 6.07) is 10.4. The highest BCUT2D eigenvalue weighted by Crippen LogP contribution is 2.21. The summed E-state index contributed by atoms with van der Waals surface area (Å²) in [6.07, 6.45) is 3.40. The van der Waals surface area contributed by atoms with Gasteiger partial charge in [0.1, 0.15) is 17.1 Å². The number of hydrogen-bond donors (Lipinski definition) is 3. The van der Waals surface area contributed by atoms with Gasteiger partial charge in [-0.1, -0.05) is 6.08 Å². The van der Waals surface area contributed by atoms with Gasteiger partial charge in [-0.05, 0) is 48.6 Å². The van der Waals surface area contributed by atoms with E-state index in [1.54, 1.807) is 42.6 Å². The summed E-state index contributed by atoms with van der Waals surface area (Å²) in [6.45, 7) is 4.20. The van der Waals surface area contributed by atoms with Crippen LogP contribution in [-0.4, -0.2) is 31.7 Å². The van der Waals surface area contributed by atoms with Crippen LogP contribution in [0.25, 0.3) is 22.4 Å². The van der Waals surface area contributed by atoms with E-state index in [4.69, 9.17) is 12.2 Å². The van der Waals surface area contributed by atoms with Gasteiger partial charge in [0.15, 0.2) is 10.8 Å². The number of benzene rings is 1. The summed E-state index contributed by atoms with van der Waals surface area (Å²) in [5.74, 6) is 0.791. The number of rotatable bonds is 4. The molecule has 0 fully saturated rings. The monoisotopic (exact) mass is 373 g/mol. The molecular formula is C17H16ClN5OS. The molecule has 1 aromatic carbocycles. The SMILES string of the molecule is C=CCNC(=S)Nc1ccc2ncc(-c3ccc(O)cc3)nc2n1.Cl. The van der Waals surface area contributed by atoms with Crippen LogP contribution in [0.5, 0.6) is 5.75 Å². The molecule has 128 valence electrons. The molecular weight excluding hydrogens is 358 g/mol. The second-order valence-electron chi connectivity index (χ2n) is 4.97. The molecule has 3 N–H and O–H groups in total. The number of fused-ring (bicyclic) bond motifs is 1. The first-order valence-corrected chi connectivity index (χ1v) is 7.65. The first-order valence-electron chi connectivity index (χ1n) is 7.24. The van der Waals surface area contributed by atoms with Crippen molar-refractivity contribution in [3.63, 3.8) is 0 Å². The van der Waals surface area contributed by atoms with Gasteiger partial charge in [-0.25, -0.2) is 9.97 Å². The molecule has 2 heterocycles. The molecule has 0 amide bonds. The largest absolute Gasteiger partial charge is 0.508 e. The van der Waals surface area contributed by atoms with E-state index >= 15 is 0 Å². The summed E-state index contributed by atoms with van der Waals surface area (Å²) in [7, 11) is 0. The van der Waals surface area contributed by atoms with Gasteiger partial charge in [0, 0.05) is 12.1 Å². The lowest BCUT2D eigenvalue weighted by Crippen LogP contribution is -2.28. The minimum absolute atomic E-state index is 0. The van der Waals surface area contributed by atoms with Gasteiger partial charge in [0.05, 0.1) is 11.9 Å². The maximum absolute atomic E-state index is 9.38. The molecule has 0 saturated carbocycles. The average Bonchev–Trinajstić information content (AvgIpc) is 2.60. The Hall–Kier alpha value is -2.77. The van der Waals surface area contributed by atoms with Crippen molar-refractivity contribution in [2.75, 3.05) is 11.9 Å². The molecule has 0 bridgehead atoms. The predicted octanol–water partition coefficient (Wildman–Crippen LogP) is 3.29. The number of pyridine rings is 1. The Morgan fingerprint density at radius 1 is 1.16 bits per heavy atom. The van der Waals surface area contributed by atoms with Crippen LogP contribution in [0.2, 0.25) is 0 Å². The maximum atomic E-state index is 9.38. The number of anilines is 1. The Labute approximate surface area is 156 Å². The molecule has 0 unspecified atom stereocenters. The zero-order valence-corrected chi connectivity index (χ0v) is 14.8. The second kappa shape index (κ2) is 8.36. The van der Waals surface area contributed by atoms with Crippen LogP contribution in [0, 0.1) is 0 Å². The third kappa shape index (κ3) is 4.62. The quantitative estimate of drug-likeness (QED) is 0.478. The van der Waals surface area contributed by atoms with Gasteiger partial charge in [-0.3, -0.25) is 4.98 Å². The Morgan fingerprint density at radius 2 is 1.92 bits per heavy atom. The number of hydrogen-bond acceptors (Lipinski definition) is 5. The van der Waals surface area contributed by atoms with Gasteiger partial charge in [0.2, 0.25) is 0 Å². The zero-order valence-electron chi connectivity index (χ0n) is 13.1. The molecule has 2 aromatic heterocycles. The lowest BCUT2D eigenvalue weighted by atomic mass is 10.1. The number of aromatic nitrogens is 3. The van der Waals surface area contributed by atoms with Crippen molar-refractivity contribution >= 4 is 46.7 Å². The summed E-state index contributed by atoms with van der Waals surface area (Å²) in [5.41, 5.74) is 2.73. The van der Waals surface area contributed by atoms with E-state index in [2.05, 4.69) is 32.2 Å². The number of nitrogens with zero attached hydrogens (tertiary/aromatic N) is 3. The van der Waals surface area contributed by atoms with Crippen LogP contribution >= 0.6 is 24.6 Å². The van der Waals surface area contributed by atoms with Crippen LogP contribution in [0.1, 0.15) is 0 Å². The smallest absolute Gasteiger partial charge is 0.180 e. The zero-order chi connectivity index (χ0) is 16.9. The lowest BCUT2D eigenvalue weighted by molar-refractivity contribution is 0.475. The van der Waals surface area contributed by atoms with Crippen LogP contribution in [0.15, 0.2) is 55.3 Å². The van der Waals surface area contributed by atoms with Gasteiger partial charge < -0.3 is 15.7 Å². The van der Waals surface area contributed by atoms with Gasteiger partial charge >= 0.3 is 0 Å². The molecule has 0 atom stereocenters. The average molecular weight is 374 g/mol. The Morgan fingerprint density at radius 3 is 2.64 bits per heavy atom. The van der Waals surface area contributed by atoms with Crippen molar-refractivity contribution in [3.8, 4) is 17.0 Å². The minimum Gasteiger partial charge on any atom is -0.508 e. The lowest BCUT2D eigenvalue weighted by Gasteiger charge is -2.09. The van der Waals surface area contributed by atoms with Crippen molar-refractivity contribution in [2.45, 2.75) is 0 Å². The van der Waals surface area contributed by atoms with Crippen LogP contribution in [0.4, 0.5) is 5.82 Å². The van der Waals surface area contributed by atoms with Crippen LogP contribution < -0.4 is 10.6 Å². The van der Waals surface area contributed by atoms with Crippen LogP contribution in [0.3, 0.4) is 0 Å². The van der Waals surface area contributed by atoms with Gasteiger partial charge in [0.25, 0.3) is 0 Å². The van der Waals surface area contributed by atoms with E-state index in [1.807, 2.05) is 6.07 Å². The molecule has 6 nitrogen and oxygen atoms in total. The Balaban J connectivity index is 0.00000225. The third-order valence-electron chi connectivity index (χ3n) is 3.22. The fourth-order valence-corrected chi connectivity index (χ4v) is 2.25. The van der Waals surface area contributed by atoms with Crippen LogP contribution in [-0.2, 0) is 0 Å². The summed E-state index contributed by atoms with van der Waals surface area (Å²) >= 11 is 5.17. The fraction of sp³-hybridized carbons (Fsp3) is 0.0588. The summed E-state index contributed by atoms with van der Waals surface area (Å²) in [5, 5.41) is 15.8. The van der Waals surface area contributed by atoms with Gasteiger partial charge in [-0.15, -0.1) is 19.0 Å². The number of nitrogens with one attached hydrogen (secondary N) is 2. The number of halogens is 1. The summed E-state index contributed by atoms with van der Waals surface area (Å²) in [4.78, 5) is 13.3. The number of phenolic OH excluding ortho intramolecular Hbond substituents is 1. The van der Waals surface area contributed by atoms with Crippen molar-refractivity contribution < 1.29 is 5.11 Å². The standard InChI is InChI=1S/C17H15N5OS.ClH/c1-2-9-18-17(24)22-15-8-7-13-16(21-15)20-14(10-19-13)11-3-5-12(23)6-4-11;/h2-8,10,23H,1,9H2,(H2,18,20,21,22,24);1H. The molecule has 0 spiro atoms. The van der Waals surface area contributed by atoms with E-state index in [9.17, 15) is 5.11 Å². The third-order valence-corrected chi connectivity index (χ3v) is 3.46. The summed E-state index contributed by atoms with van der Waals surface area (Å²) < 4.78 is 0. The second-order valence-corrected chi connectivity index (χ2v) is 5.37. The number of thiocarbonyl (C=S) groups is 1. The maximum Gasteiger partial charge on any atom is 0.180 e. The number of phenols is 1. The van der Waals surface area contributed by atoms with Crippen molar-refractivity contribution in [1.82, 2.24) is 20.3 Å². The van der Waals surface area contributed by atoms with Crippen molar-refractivity contribution in [1.29, 1.82) is 0 Å². The van der Waals surface area contributed by atoms with E-state index in [1.165, 1.54) is 0 Å². The highest BCUT2D eigenvalue weighted by molar-refractivity contribution is 7.80. The molecule has 3 aromatic rings. The highest BCUT2D eigenvalue weighted by Gasteiger charge is 2.06. The Bertz CT molecular complexity index is 901. The molecule has 0 aliphatic heterocycles. The van der Waals surface area contributed by atoms with E-state index < -0.39 is 0 Å². The van der Waals surface area contributed by atoms with E-state index in [0.29, 0.717) is 34.3 Å². The molecule has 8 heteroatoms. The highest BCUT2D eigenvalue weighted by atomic mass is 35.5. The van der Waals surface area contributed by atoms with E-state index in [-0.39, 0.29) is 18.2 Å². The Kier molecular flexibility index (Phi) is 6.21. The molecule has 3 rings (SSSR count). The molecule has 0 aliphatic rings. The molecule has 0 radical (unpaired) electrons.